The first kappa shape index (κ1) is 17.6. The first-order chi connectivity index (χ1) is 9.61. The molecule has 3 N–H and O–H groups in total. The maximum Gasteiger partial charge on any atom is 0.265 e. The number of thiophene rings is 1. The Morgan fingerprint density at radius 1 is 1.33 bits per heavy atom. The number of rotatable bonds is 6. The van der Waals surface area contributed by atoms with Crippen molar-refractivity contribution in [2.75, 3.05) is 52.9 Å². The Bertz CT molecular complexity index is 509. The summed E-state index contributed by atoms with van der Waals surface area (Å²) in [7, 11) is 9.03. The van der Waals surface area contributed by atoms with Gasteiger partial charge in [-0.25, -0.2) is 0 Å². The summed E-state index contributed by atoms with van der Waals surface area (Å²) in [6.07, 6.45) is 0. The number of amides is 1. The number of carbonyl (C=O) groups excluding carboxylic acids is 1. The van der Waals surface area contributed by atoms with E-state index in [-0.39, 0.29) is 11.4 Å². The van der Waals surface area contributed by atoms with Crippen LogP contribution in [0, 0.1) is 0 Å². The minimum atomic E-state index is -0.115. The van der Waals surface area contributed by atoms with Crippen LogP contribution in [0.3, 0.4) is 0 Å². The maximum atomic E-state index is 12.1. The molecule has 6 nitrogen and oxygen atoms in total. The number of nitrogens with zero attached hydrogens (tertiary/aromatic N) is 2. The van der Waals surface area contributed by atoms with Gasteiger partial charge in [0.2, 0.25) is 0 Å². The molecule has 0 aliphatic carbocycles. The van der Waals surface area contributed by atoms with Gasteiger partial charge in [-0.3, -0.25) is 4.79 Å². The third-order valence-electron chi connectivity index (χ3n) is 3.60. The van der Waals surface area contributed by atoms with Gasteiger partial charge in [0, 0.05) is 26.2 Å². The lowest BCUT2D eigenvalue weighted by Gasteiger charge is -2.32. The van der Waals surface area contributed by atoms with Crippen LogP contribution in [-0.2, 0) is 0 Å². The van der Waals surface area contributed by atoms with E-state index in [1.54, 1.807) is 21.2 Å². The summed E-state index contributed by atoms with van der Waals surface area (Å²) >= 11 is 1.33. The van der Waals surface area contributed by atoms with E-state index >= 15 is 0 Å². The number of hydrogen-bond donors (Lipinski definition) is 2. The van der Waals surface area contributed by atoms with Crippen LogP contribution >= 0.6 is 11.3 Å². The number of likely N-dealkylation sites (N-methyl/N-ethyl adjacent to an activating group) is 1. The van der Waals surface area contributed by atoms with E-state index in [1.165, 1.54) is 16.2 Å². The Labute approximate surface area is 130 Å². The van der Waals surface area contributed by atoms with Crippen LogP contribution in [0.5, 0.6) is 5.75 Å². The minimum absolute atomic E-state index is 0.0323. The van der Waals surface area contributed by atoms with Gasteiger partial charge in [-0.05, 0) is 27.9 Å². The highest BCUT2D eigenvalue weighted by Crippen LogP contribution is 2.43. The maximum absolute atomic E-state index is 12.1. The molecule has 0 spiro atoms. The second kappa shape index (κ2) is 6.53. The lowest BCUT2D eigenvalue weighted by molar-refractivity contribution is 0.0833. The molecule has 1 rings (SSSR count). The van der Waals surface area contributed by atoms with Crippen molar-refractivity contribution < 1.29 is 9.53 Å². The second-order valence-corrected chi connectivity index (χ2v) is 6.99. The van der Waals surface area contributed by atoms with Gasteiger partial charge >= 0.3 is 0 Å². The molecule has 0 bridgehead atoms. The van der Waals surface area contributed by atoms with Crippen LogP contribution in [0.1, 0.15) is 23.5 Å². The van der Waals surface area contributed by atoms with E-state index in [2.05, 4.69) is 24.1 Å². The summed E-state index contributed by atoms with van der Waals surface area (Å²) in [5, 5.41) is 4.13. The summed E-state index contributed by atoms with van der Waals surface area (Å²) in [4.78, 5) is 16.3. The molecule has 1 heterocycles. The summed E-state index contributed by atoms with van der Waals surface area (Å²) in [6, 6.07) is 0. The highest BCUT2D eigenvalue weighted by Gasteiger charge is 2.25. The molecule has 21 heavy (non-hydrogen) atoms. The highest BCUT2D eigenvalue weighted by molar-refractivity contribution is 7.19. The van der Waals surface area contributed by atoms with Crippen molar-refractivity contribution in [1.29, 1.82) is 0 Å². The summed E-state index contributed by atoms with van der Waals surface area (Å²) in [5.41, 5.74) is 6.40. The number of ether oxygens (including phenoxy) is 1. The molecule has 0 fully saturated rings. The predicted molar refractivity (Wildman–Crippen MR) is 89.6 cm³/mol. The van der Waals surface area contributed by atoms with Crippen LogP contribution in [-0.4, -0.2) is 63.1 Å². The Balaban J connectivity index is 3.03. The van der Waals surface area contributed by atoms with Gasteiger partial charge in [-0.2, -0.15) is 0 Å². The van der Waals surface area contributed by atoms with Crippen molar-refractivity contribution in [2.45, 2.75) is 19.4 Å². The van der Waals surface area contributed by atoms with Crippen molar-refractivity contribution in [3.05, 3.63) is 4.88 Å². The van der Waals surface area contributed by atoms with Crippen LogP contribution in [0.15, 0.2) is 0 Å². The molecule has 0 radical (unpaired) electrons. The molecular weight excluding hydrogens is 288 g/mol. The minimum Gasteiger partial charge on any atom is -0.492 e. The molecule has 120 valence electrons. The molecule has 1 aromatic heterocycles. The van der Waals surface area contributed by atoms with E-state index in [0.717, 1.165) is 5.00 Å². The van der Waals surface area contributed by atoms with Crippen LogP contribution < -0.4 is 15.8 Å². The van der Waals surface area contributed by atoms with E-state index in [1.807, 2.05) is 14.1 Å². The molecule has 7 heteroatoms. The standard InChI is InChI=1S/C14H26N4O2S/c1-14(2,18(5)6)8-16-12-10(20-7)9(15)11(21-12)13(19)17(3)4/h16H,8,15H2,1-7H3. The van der Waals surface area contributed by atoms with Crippen molar-refractivity contribution in [1.82, 2.24) is 9.80 Å². The highest BCUT2D eigenvalue weighted by atomic mass is 32.1. The molecular formula is C14H26N4O2S. The van der Waals surface area contributed by atoms with Crippen LogP contribution in [0.2, 0.25) is 0 Å². The van der Waals surface area contributed by atoms with E-state index in [9.17, 15) is 4.79 Å². The SMILES string of the molecule is COc1c(NCC(C)(C)N(C)C)sc(C(=O)N(C)C)c1N. The zero-order chi connectivity index (χ0) is 16.4. The van der Waals surface area contributed by atoms with Gasteiger partial charge < -0.3 is 25.6 Å². The van der Waals surface area contributed by atoms with Gasteiger partial charge in [0.05, 0.1) is 7.11 Å². The molecule has 0 unspecified atom stereocenters. The lowest BCUT2D eigenvalue weighted by atomic mass is 10.0. The van der Waals surface area contributed by atoms with E-state index < -0.39 is 0 Å². The smallest absolute Gasteiger partial charge is 0.265 e. The number of hydrogen-bond acceptors (Lipinski definition) is 6. The lowest BCUT2D eigenvalue weighted by Crippen LogP contribution is -2.44. The zero-order valence-corrected chi connectivity index (χ0v) is 14.7. The number of nitrogens with two attached hydrogens (primary N) is 1. The van der Waals surface area contributed by atoms with Gasteiger partial charge in [-0.1, -0.05) is 0 Å². The number of nitrogen functional groups attached to an aromatic ring is 1. The Morgan fingerprint density at radius 2 is 1.90 bits per heavy atom. The number of nitrogens with one attached hydrogen (secondary N) is 1. The summed E-state index contributed by atoms with van der Waals surface area (Å²) in [5.74, 6) is 0.426. The number of carbonyl (C=O) groups is 1. The third-order valence-corrected chi connectivity index (χ3v) is 4.73. The van der Waals surface area contributed by atoms with Crippen molar-refractivity contribution in [3.63, 3.8) is 0 Å². The normalized spacial score (nSPS) is 11.6. The first-order valence-electron chi connectivity index (χ1n) is 6.71. The van der Waals surface area contributed by atoms with Gasteiger partial charge in [0.15, 0.2) is 5.75 Å². The molecule has 0 aromatic carbocycles. The summed E-state index contributed by atoms with van der Waals surface area (Å²) < 4.78 is 5.35. The predicted octanol–water partition coefficient (Wildman–Crippen LogP) is 1.79. The molecule has 0 aliphatic heterocycles. The van der Waals surface area contributed by atoms with Gasteiger partial charge in [0.1, 0.15) is 15.6 Å². The molecule has 1 amide bonds. The first-order valence-corrected chi connectivity index (χ1v) is 7.52. The summed E-state index contributed by atoms with van der Waals surface area (Å²) in [6.45, 7) is 4.98. The van der Waals surface area contributed by atoms with Crippen LogP contribution in [0.4, 0.5) is 10.7 Å². The molecule has 0 aliphatic rings. The number of anilines is 2. The van der Waals surface area contributed by atoms with E-state index in [4.69, 9.17) is 10.5 Å². The Morgan fingerprint density at radius 3 is 2.33 bits per heavy atom. The third kappa shape index (κ3) is 3.79. The fourth-order valence-electron chi connectivity index (χ4n) is 1.56. The van der Waals surface area contributed by atoms with Crippen molar-refractivity contribution >= 4 is 27.9 Å². The Hall–Kier alpha value is -1.47. The van der Waals surface area contributed by atoms with Crippen molar-refractivity contribution in [3.8, 4) is 5.75 Å². The average molecular weight is 314 g/mol. The van der Waals surface area contributed by atoms with Crippen LogP contribution in [0.25, 0.3) is 0 Å². The molecule has 1 aromatic rings. The fraction of sp³-hybridized carbons (Fsp3) is 0.643. The zero-order valence-electron chi connectivity index (χ0n) is 13.9. The van der Waals surface area contributed by atoms with Crippen molar-refractivity contribution in [2.24, 2.45) is 0 Å². The quantitative estimate of drug-likeness (QED) is 0.838. The van der Waals surface area contributed by atoms with E-state index in [0.29, 0.717) is 22.9 Å². The number of methoxy groups -OCH3 is 1. The molecule has 0 saturated heterocycles. The Kier molecular flexibility index (Phi) is 5.47. The monoisotopic (exact) mass is 314 g/mol. The average Bonchev–Trinajstić information content (AvgIpc) is 2.71. The van der Waals surface area contributed by atoms with Gasteiger partial charge in [0.25, 0.3) is 5.91 Å². The largest absolute Gasteiger partial charge is 0.492 e. The molecule has 0 saturated carbocycles. The second-order valence-electron chi connectivity index (χ2n) is 5.97. The fourth-order valence-corrected chi connectivity index (χ4v) is 2.67. The molecule has 0 atom stereocenters. The van der Waals surface area contributed by atoms with Gasteiger partial charge in [-0.15, -0.1) is 11.3 Å². The topological polar surface area (TPSA) is 70.8 Å².